The molecule has 4 rings (SSSR count). The quantitative estimate of drug-likeness (QED) is 0.716. The van der Waals surface area contributed by atoms with Crippen molar-refractivity contribution in [2.24, 2.45) is 0 Å². The van der Waals surface area contributed by atoms with Crippen molar-refractivity contribution in [2.75, 3.05) is 12.4 Å². The maximum absolute atomic E-state index is 11.6. The molecule has 1 atom stereocenters. The molecule has 130 valence electrons. The smallest absolute Gasteiger partial charge is 0.337 e. The lowest BCUT2D eigenvalue weighted by molar-refractivity contribution is 0.0600. The van der Waals surface area contributed by atoms with Crippen LogP contribution in [0.2, 0.25) is 5.02 Å². The molecular formula is C18H14ClN5O2. The first kappa shape index (κ1) is 16.3. The highest BCUT2D eigenvalue weighted by molar-refractivity contribution is 6.32. The number of tetrazole rings is 1. The molecule has 2 heterocycles. The Kier molecular flexibility index (Phi) is 4.14. The first-order chi connectivity index (χ1) is 12.7. The zero-order valence-corrected chi connectivity index (χ0v) is 14.5. The lowest BCUT2D eigenvalue weighted by Crippen LogP contribution is -2.20. The van der Waals surface area contributed by atoms with Gasteiger partial charge < -0.3 is 10.1 Å². The van der Waals surface area contributed by atoms with Gasteiger partial charge in [-0.1, -0.05) is 47.0 Å². The summed E-state index contributed by atoms with van der Waals surface area (Å²) in [4.78, 5) is 11.6. The van der Waals surface area contributed by atoms with Crippen molar-refractivity contribution in [3.05, 3.63) is 76.3 Å². The number of hydrogen-bond acceptors (Lipinski definition) is 6. The van der Waals surface area contributed by atoms with Crippen molar-refractivity contribution < 1.29 is 9.53 Å². The summed E-state index contributed by atoms with van der Waals surface area (Å²) in [6.07, 6.45) is 2.00. The standard InChI is InChI=1S/C18H14ClN5O2/c1-26-17(25)12-8-6-11(7-9-12)16-10-15(13-4-2-3-5-14(13)19)20-18-21-22-23-24(16)18/h2-10,16H,1H3,(H,20,21,23). The molecule has 8 heteroatoms. The summed E-state index contributed by atoms with van der Waals surface area (Å²) in [5.74, 6) is 0.140. The van der Waals surface area contributed by atoms with Gasteiger partial charge >= 0.3 is 5.97 Å². The maximum Gasteiger partial charge on any atom is 0.337 e. The second-order valence-electron chi connectivity index (χ2n) is 5.69. The second kappa shape index (κ2) is 6.61. The summed E-state index contributed by atoms with van der Waals surface area (Å²) in [7, 11) is 1.36. The van der Waals surface area contributed by atoms with Gasteiger partial charge in [0.1, 0.15) is 6.04 Å². The molecule has 1 unspecified atom stereocenters. The number of aromatic nitrogens is 4. The Morgan fingerprint density at radius 1 is 1.19 bits per heavy atom. The van der Waals surface area contributed by atoms with Crippen LogP contribution in [0.3, 0.4) is 0 Å². The van der Waals surface area contributed by atoms with Gasteiger partial charge in [-0.15, -0.1) is 0 Å². The Morgan fingerprint density at radius 3 is 2.69 bits per heavy atom. The van der Waals surface area contributed by atoms with Crippen LogP contribution >= 0.6 is 11.6 Å². The Balaban J connectivity index is 1.76. The van der Waals surface area contributed by atoms with Gasteiger partial charge in [0.05, 0.1) is 12.7 Å². The van der Waals surface area contributed by atoms with Crippen LogP contribution in [0.25, 0.3) is 5.70 Å². The molecule has 2 aromatic carbocycles. The molecule has 3 aromatic rings. The maximum atomic E-state index is 11.6. The second-order valence-corrected chi connectivity index (χ2v) is 6.10. The number of allylic oxidation sites excluding steroid dienone is 1. The summed E-state index contributed by atoms with van der Waals surface area (Å²) in [5.41, 5.74) is 3.09. The SMILES string of the molecule is COC(=O)c1ccc(C2C=C(c3ccccc3Cl)Nc3nnnn32)cc1. The highest BCUT2D eigenvalue weighted by Gasteiger charge is 2.25. The summed E-state index contributed by atoms with van der Waals surface area (Å²) in [5, 5.41) is 15.7. The molecule has 0 saturated heterocycles. The van der Waals surface area contributed by atoms with E-state index in [1.165, 1.54) is 7.11 Å². The molecular weight excluding hydrogens is 354 g/mol. The Hall–Kier alpha value is -3.19. The molecule has 0 spiro atoms. The average molecular weight is 368 g/mol. The van der Waals surface area contributed by atoms with Gasteiger partial charge in [-0.05, 0) is 40.3 Å². The first-order valence-corrected chi connectivity index (χ1v) is 8.25. The molecule has 0 saturated carbocycles. The van der Waals surface area contributed by atoms with E-state index in [4.69, 9.17) is 16.3 Å². The van der Waals surface area contributed by atoms with E-state index in [-0.39, 0.29) is 12.0 Å². The van der Waals surface area contributed by atoms with Gasteiger partial charge in [-0.2, -0.15) is 4.68 Å². The molecule has 0 radical (unpaired) electrons. The summed E-state index contributed by atoms with van der Waals surface area (Å²) in [6.45, 7) is 0. The predicted molar refractivity (Wildman–Crippen MR) is 96.8 cm³/mol. The number of hydrogen-bond donors (Lipinski definition) is 1. The number of benzene rings is 2. The molecule has 7 nitrogen and oxygen atoms in total. The fraction of sp³-hybridized carbons (Fsp3) is 0.111. The minimum absolute atomic E-state index is 0.237. The molecule has 1 aliphatic rings. The first-order valence-electron chi connectivity index (χ1n) is 7.87. The number of ether oxygens (including phenoxy) is 1. The number of nitrogens with one attached hydrogen (secondary N) is 1. The molecule has 1 aliphatic heterocycles. The minimum atomic E-state index is -0.378. The van der Waals surface area contributed by atoms with E-state index in [0.29, 0.717) is 16.5 Å². The van der Waals surface area contributed by atoms with E-state index >= 15 is 0 Å². The largest absolute Gasteiger partial charge is 0.465 e. The van der Waals surface area contributed by atoms with Crippen LogP contribution < -0.4 is 5.32 Å². The normalized spacial score (nSPS) is 15.6. The van der Waals surface area contributed by atoms with Crippen LogP contribution in [0.1, 0.15) is 27.5 Å². The molecule has 1 aromatic heterocycles. The number of fused-ring (bicyclic) bond motifs is 1. The zero-order chi connectivity index (χ0) is 18.1. The van der Waals surface area contributed by atoms with Crippen molar-refractivity contribution in [3.63, 3.8) is 0 Å². The van der Waals surface area contributed by atoms with Gasteiger partial charge in [-0.3, -0.25) is 0 Å². The van der Waals surface area contributed by atoms with E-state index in [9.17, 15) is 4.79 Å². The number of anilines is 1. The minimum Gasteiger partial charge on any atom is -0.465 e. The van der Waals surface area contributed by atoms with Crippen LogP contribution in [0.15, 0.2) is 54.6 Å². The van der Waals surface area contributed by atoms with Crippen LogP contribution in [-0.2, 0) is 4.74 Å². The van der Waals surface area contributed by atoms with Gasteiger partial charge in [0.2, 0.25) is 5.95 Å². The highest BCUT2D eigenvalue weighted by Crippen LogP contribution is 2.33. The third-order valence-corrected chi connectivity index (χ3v) is 4.49. The fourth-order valence-electron chi connectivity index (χ4n) is 2.86. The van der Waals surface area contributed by atoms with E-state index in [0.717, 1.165) is 16.8 Å². The van der Waals surface area contributed by atoms with Gasteiger partial charge in [0, 0.05) is 16.3 Å². The van der Waals surface area contributed by atoms with Crippen LogP contribution in [0.4, 0.5) is 5.95 Å². The number of esters is 1. The van der Waals surface area contributed by atoms with Gasteiger partial charge in [-0.25, -0.2) is 4.79 Å². The number of halogens is 1. The van der Waals surface area contributed by atoms with E-state index in [1.807, 2.05) is 42.5 Å². The molecule has 0 fully saturated rings. The predicted octanol–water partition coefficient (Wildman–Crippen LogP) is 3.17. The van der Waals surface area contributed by atoms with E-state index < -0.39 is 0 Å². The van der Waals surface area contributed by atoms with E-state index in [2.05, 4.69) is 20.8 Å². The summed E-state index contributed by atoms with van der Waals surface area (Å²) < 4.78 is 6.41. The number of nitrogens with zero attached hydrogens (tertiary/aromatic N) is 4. The lowest BCUT2D eigenvalue weighted by atomic mass is 10.0. The molecule has 1 N–H and O–H groups in total. The summed E-state index contributed by atoms with van der Waals surface area (Å²) in [6, 6.07) is 14.5. The third kappa shape index (κ3) is 2.82. The number of methoxy groups -OCH3 is 1. The highest BCUT2D eigenvalue weighted by atomic mass is 35.5. The topological polar surface area (TPSA) is 81.9 Å². The average Bonchev–Trinajstić information content (AvgIpc) is 3.16. The van der Waals surface area contributed by atoms with Crippen LogP contribution in [-0.4, -0.2) is 33.3 Å². The van der Waals surface area contributed by atoms with Gasteiger partial charge in [0.25, 0.3) is 0 Å². The monoisotopic (exact) mass is 367 g/mol. The van der Waals surface area contributed by atoms with Crippen molar-refractivity contribution in [1.82, 2.24) is 20.2 Å². The number of carbonyl (C=O) groups excluding carboxylic acids is 1. The van der Waals surface area contributed by atoms with Crippen molar-refractivity contribution in [2.45, 2.75) is 6.04 Å². The summed E-state index contributed by atoms with van der Waals surface area (Å²) >= 11 is 6.33. The molecule has 26 heavy (non-hydrogen) atoms. The molecule has 0 bridgehead atoms. The van der Waals surface area contributed by atoms with Crippen LogP contribution in [0, 0.1) is 0 Å². The molecule has 0 aliphatic carbocycles. The zero-order valence-electron chi connectivity index (χ0n) is 13.8. The third-order valence-electron chi connectivity index (χ3n) is 4.16. The Labute approximate surface area is 154 Å². The van der Waals surface area contributed by atoms with Gasteiger partial charge in [0.15, 0.2) is 0 Å². The van der Waals surface area contributed by atoms with Crippen molar-refractivity contribution in [3.8, 4) is 0 Å². The van der Waals surface area contributed by atoms with Crippen molar-refractivity contribution in [1.29, 1.82) is 0 Å². The number of rotatable bonds is 3. The van der Waals surface area contributed by atoms with Crippen LogP contribution in [0.5, 0.6) is 0 Å². The number of carbonyl (C=O) groups is 1. The fourth-order valence-corrected chi connectivity index (χ4v) is 3.10. The van der Waals surface area contributed by atoms with Crippen molar-refractivity contribution >= 4 is 29.2 Å². The molecule has 0 amide bonds. The Morgan fingerprint density at radius 2 is 1.96 bits per heavy atom. The lowest BCUT2D eigenvalue weighted by Gasteiger charge is -2.24. The van der Waals surface area contributed by atoms with E-state index in [1.54, 1.807) is 16.8 Å². The Bertz CT molecular complexity index is 997.